The van der Waals surface area contributed by atoms with Crippen LogP contribution in [0.2, 0.25) is 0 Å². The Balaban J connectivity index is 2.89. The third-order valence-corrected chi connectivity index (χ3v) is 3.00. The van der Waals surface area contributed by atoms with Gasteiger partial charge in [0.1, 0.15) is 11.1 Å². The zero-order chi connectivity index (χ0) is 17.8. The van der Waals surface area contributed by atoms with E-state index in [2.05, 4.69) is 0 Å². The molecule has 7 nitrogen and oxygen atoms in total. The quantitative estimate of drug-likeness (QED) is 0.676. The molecule has 0 fully saturated rings. The third kappa shape index (κ3) is 5.71. The number of esters is 1. The number of ether oxygens (including phenoxy) is 1. The van der Waals surface area contributed by atoms with Crippen LogP contribution in [0, 0.1) is 0 Å². The highest BCUT2D eigenvalue weighted by Gasteiger charge is 2.36. The smallest absolute Gasteiger partial charge is 0.338 e. The predicted octanol–water partition coefficient (Wildman–Crippen LogP) is 1.44. The molecule has 1 unspecified atom stereocenters. The van der Waals surface area contributed by atoms with E-state index in [0.29, 0.717) is 11.1 Å². The fraction of sp³-hybridized carbons (Fsp3) is 0.438. The Morgan fingerprint density at radius 2 is 1.61 bits per heavy atom. The number of carboxylic acid groups (broad SMARTS) is 2. The van der Waals surface area contributed by atoms with E-state index in [1.165, 1.54) is 24.3 Å². The molecule has 1 aromatic rings. The first-order chi connectivity index (χ1) is 10.4. The second-order valence-electron chi connectivity index (χ2n) is 6.41. The Hall–Kier alpha value is -2.41. The molecule has 1 rings (SSSR count). The Morgan fingerprint density at radius 1 is 1.09 bits per heavy atom. The molecular weight excluding hydrogens is 302 g/mol. The van der Waals surface area contributed by atoms with Crippen LogP contribution in [-0.4, -0.2) is 39.3 Å². The molecule has 0 aliphatic rings. The zero-order valence-electron chi connectivity index (χ0n) is 13.3. The molecule has 0 saturated heterocycles. The first-order valence-electron chi connectivity index (χ1n) is 6.99. The van der Waals surface area contributed by atoms with Crippen LogP contribution in [0.25, 0.3) is 0 Å². The molecule has 0 heterocycles. The highest BCUT2D eigenvalue weighted by molar-refractivity contribution is 5.89. The third-order valence-electron chi connectivity index (χ3n) is 3.00. The number of rotatable bonds is 6. The van der Waals surface area contributed by atoms with Crippen LogP contribution < -0.4 is 5.73 Å². The Kier molecular flexibility index (Phi) is 5.50. The van der Waals surface area contributed by atoms with E-state index < -0.39 is 35.5 Å². The summed E-state index contributed by atoms with van der Waals surface area (Å²) in [5.74, 6) is -3.18. The van der Waals surface area contributed by atoms with Crippen LogP contribution in [0.4, 0.5) is 0 Å². The van der Waals surface area contributed by atoms with E-state index in [0.717, 1.165) is 0 Å². The summed E-state index contributed by atoms with van der Waals surface area (Å²) < 4.78 is 5.22. The van der Waals surface area contributed by atoms with Crippen molar-refractivity contribution in [2.75, 3.05) is 0 Å². The van der Waals surface area contributed by atoms with Gasteiger partial charge in [-0.1, -0.05) is 12.1 Å². The molecule has 0 aromatic heterocycles. The van der Waals surface area contributed by atoms with Crippen molar-refractivity contribution >= 4 is 17.9 Å². The Labute approximate surface area is 134 Å². The molecule has 0 aliphatic carbocycles. The van der Waals surface area contributed by atoms with Gasteiger partial charge in [-0.25, -0.2) is 4.79 Å². The first-order valence-corrected chi connectivity index (χ1v) is 6.99. The monoisotopic (exact) mass is 323 g/mol. The minimum absolute atomic E-state index is 0.163. The number of carbonyl (C=O) groups excluding carboxylic acids is 1. The van der Waals surface area contributed by atoms with Crippen molar-refractivity contribution in [3.05, 3.63) is 35.4 Å². The molecule has 4 N–H and O–H groups in total. The number of hydrogen-bond donors (Lipinski definition) is 3. The van der Waals surface area contributed by atoms with Crippen molar-refractivity contribution in [1.29, 1.82) is 0 Å². The van der Waals surface area contributed by atoms with Crippen molar-refractivity contribution in [2.45, 2.75) is 44.8 Å². The lowest BCUT2D eigenvalue weighted by atomic mass is 9.88. The van der Waals surface area contributed by atoms with Crippen molar-refractivity contribution in [2.24, 2.45) is 5.73 Å². The van der Waals surface area contributed by atoms with Gasteiger partial charge in [-0.05, 0) is 38.5 Å². The summed E-state index contributed by atoms with van der Waals surface area (Å²) in [4.78, 5) is 33.9. The van der Waals surface area contributed by atoms with Gasteiger partial charge in [0.2, 0.25) is 0 Å². The largest absolute Gasteiger partial charge is 0.481 e. The Bertz CT molecular complexity index is 602. The van der Waals surface area contributed by atoms with Gasteiger partial charge in [0.05, 0.1) is 12.0 Å². The van der Waals surface area contributed by atoms with Crippen LogP contribution in [-0.2, 0) is 20.7 Å². The number of benzene rings is 1. The molecule has 0 spiro atoms. The van der Waals surface area contributed by atoms with Gasteiger partial charge in [0.25, 0.3) is 0 Å². The average Bonchev–Trinajstić information content (AvgIpc) is 2.36. The zero-order valence-corrected chi connectivity index (χ0v) is 13.3. The number of nitrogens with two attached hydrogens (primary N) is 1. The summed E-state index contributed by atoms with van der Waals surface area (Å²) in [6, 6.07) is 6.05. The maximum Gasteiger partial charge on any atom is 0.338 e. The maximum atomic E-state index is 11.9. The second kappa shape index (κ2) is 6.78. The lowest BCUT2D eigenvalue weighted by Gasteiger charge is -2.23. The standard InChI is InChI=1S/C16H21NO6/c1-15(2,3)23-13(20)11-6-4-10(5-7-11)8-16(17,14(21)22)9-12(18)19/h4-7H,8-9,17H2,1-3H3,(H,18,19)(H,21,22). The van der Waals surface area contributed by atoms with Gasteiger partial charge >= 0.3 is 17.9 Å². The van der Waals surface area contributed by atoms with Gasteiger partial charge in [0, 0.05) is 6.42 Å². The lowest BCUT2D eigenvalue weighted by molar-refractivity contribution is -0.149. The number of carboxylic acids is 2. The Morgan fingerprint density at radius 3 is 2.00 bits per heavy atom. The van der Waals surface area contributed by atoms with Crippen molar-refractivity contribution in [1.82, 2.24) is 0 Å². The molecule has 0 amide bonds. The summed E-state index contributed by atoms with van der Waals surface area (Å²) in [6.07, 6.45) is -0.862. The van der Waals surface area contributed by atoms with Crippen molar-refractivity contribution in [3.63, 3.8) is 0 Å². The summed E-state index contributed by atoms with van der Waals surface area (Å²) in [6.45, 7) is 5.25. The van der Waals surface area contributed by atoms with Crippen LogP contribution in [0.3, 0.4) is 0 Å². The summed E-state index contributed by atoms with van der Waals surface area (Å²) in [5, 5.41) is 17.9. The number of aliphatic carboxylic acids is 2. The van der Waals surface area contributed by atoms with Gasteiger partial charge in [-0.15, -0.1) is 0 Å². The summed E-state index contributed by atoms with van der Waals surface area (Å²) in [7, 11) is 0. The molecule has 1 aromatic carbocycles. The minimum Gasteiger partial charge on any atom is -0.481 e. The molecule has 23 heavy (non-hydrogen) atoms. The van der Waals surface area contributed by atoms with Crippen LogP contribution >= 0.6 is 0 Å². The number of hydrogen-bond acceptors (Lipinski definition) is 5. The van der Waals surface area contributed by atoms with E-state index >= 15 is 0 Å². The average molecular weight is 323 g/mol. The van der Waals surface area contributed by atoms with E-state index in [4.69, 9.17) is 20.7 Å². The first kappa shape index (κ1) is 18.6. The van der Waals surface area contributed by atoms with E-state index in [1.807, 2.05) is 0 Å². The SMILES string of the molecule is CC(C)(C)OC(=O)c1ccc(CC(N)(CC(=O)O)C(=O)O)cc1. The van der Waals surface area contributed by atoms with Crippen LogP contribution in [0.5, 0.6) is 0 Å². The highest BCUT2D eigenvalue weighted by Crippen LogP contribution is 2.18. The van der Waals surface area contributed by atoms with E-state index in [9.17, 15) is 14.4 Å². The van der Waals surface area contributed by atoms with Crippen molar-refractivity contribution < 1.29 is 29.3 Å². The van der Waals surface area contributed by atoms with Crippen LogP contribution in [0.15, 0.2) is 24.3 Å². The fourth-order valence-corrected chi connectivity index (χ4v) is 1.94. The molecule has 7 heteroatoms. The highest BCUT2D eigenvalue weighted by atomic mass is 16.6. The molecular formula is C16H21NO6. The molecule has 0 saturated carbocycles. The molecule has 0 bridgehead atoms. The van der Waals surface area contributed by atoms with Gasteiger partial charge in [-0.3, -0.25) is 9.59 Å². The molecule has 0 aliphatic heterocycles. The molecule has 1 atom stereocenters. The number of carbonyl (C=O) groups is 3. The topological polar surface area (TPSA) is 127 Å². The minimum atomic E-state index is -1.90. The second-order valence-corrected chi connectivity index (χ2v) is 6.41. The predicted molar refractivity (Wildman–Crippen MR) is 82.1 cm³/mol. The van der Waals surface area contributed by atoms with Gasteiger partial charge in [0.15, 0.2) is 0 Å². The van der Waals surface area contributed by atoms with E-state index in [1.54, 1.807) is 20.8 Å². The molecule has 126 valence electrons. The lowest BCUT2D eigenvalue weighted by Crippen LogP contribution is -2.51. The van der Waals surface area contributed by atoms with E-state index in [-0.39, 0.29) is 6.42 Å². The normalized spacial score (nSPS) is 13.9. The maximum absolute atomic E-state index is 11.9. The van der Waals surface area contributed by atoms with Gasteiger partial charge in [-0.2, -0.15) is 0 Å². The van der Waals surface area contributed by atoms with Gasteiger partial charge < -0.3 is 20.7 Å². The summed E-state index contributed by atoms with van der Waals surface area (Å²) >= 11 is 0. The fourth-order valence-electron chi connectivity index (χ4n) is 1.94. The van der Waals surface area contributed by atoms with Crippen molar-refractivity contribution in [3.8, 4) is 0 Å². The summed E-state index contributed by atoms with van der Waals surface area (Å²) in [5.41, 5.74) is 4.00. The van der Waals surface area contributed by atoms with Crippen LogP contribution in [0.1, 0.15) is 43.1 Å². The molecule has 0 radical (unpaired) electrons.